The molecule has 0 aliphatic carbocycles. The van der Waals surface area contributed by atoms with Crippen molar-refractivity contribution in [3.63, 3.8) is 0 Å². The molecule has 1 heterocycles. The van der Waals surface area contributed by atoms with E-state index in [1.54, 1.807) is 6.33 Å². The Hall–Kier alpha value is -1.68. The number of hydrogen-bond acceptors (Lipinski definition) is 3. The van der Waals surface area contributed by atoms with Gasteiger partial charge in [-0.1, -0.05) is 30.3 Å². The SMILES string of the molecule is CC(C)n1ncnc1CC(N)Cc1ccccc1. The van der Waals surface area contributed by atoms with Gasteiger partial charge in [0.15, 0.2) is 0 Å². The van der Waals surface area contributed by atoms with E-state index in [1.165, 1.54) is 5.56 Å². The molecular formula is C14H20N4. The minimum absolute atomic E-state index is 0.0779. The summed E-state index contributed by atoms with van der Waals surface area (Å²) in [5, 5.41) is 4.23. The van der Waals surface area contributed by atoms with Gasteiger partial charge in [-0.2, -0.15) is 5.10 Å². The van der Waals surface area contributed by atoms with E-state index in [2.05, 4.69) is 36.1 Å². The molecule has 4 heteroatoms. The molecule has 2 aromatic rings. The topological polar surface area (TPSA) is 56.7 Å². The number of rotatable bonds is 5. The van der Waals surface area contributed by atoms with Gasteiger partial charge in [0.05, 0.1) is 0 Å². The maximum Gasteiger partial charge on any atom is 0.138 e. The van der Waals surface area contributed by atoms with Crippen LogP contribution in [0.2, 0.25) is 0 Å². The highest BCUT2D eigenvalue weighted by atomic mass is 15.3. The smallest absolute Gasteiger partial charge is 0.138 e. The fraction of sp³-hybridized carbons (Fsp3) is 0.429. The van der Waals surface area contributed by atoms with Gasteiger partial charge in [0, 0.05) is 18.5 Å². The largest absolute Gasteiger partial charge is 0.327 e. The molecule has 2 N–H and O–H groups in total. The van der Waals surface area contributed by atoms with Crippen LogP contribution < -0.4 is 5.73 Å². The summed E-state index contributed by atoms with van der Waals surface area (Å²) >= 11 is 0. The first-order valence-corrected chi connectivity index (χ1v) is 6.34. The fourth-order valence-electron chi connectivity index (χ4n) is 2.08. The Morgan fingerprint density at radius 1 is 1.17 bits per heavy atom. The van der Waals surface area contributed by atoms with Crippen LogP contribution in [0, 0.1) is 0 Å². The molecule has 0 saturated carbocycles. The van der Waals surface area contributed by atoms with E-state index in [9.17, 15) is 0 Å². The first kappa shape index (κ1) is 12.8. The molecule has 4 nitrogen and oxygen atoms in total. The quantitative estimate of drug-likeness (QED) is 0.875. The first-order valence-electron chi connectivity index (χ1n) is 6.34. The van der Waals surface area contributed by atoms with Gasteiger partial charge in [-0.3, -0.25) is 0 Å². The lowest BCUT2D eigenvalue weighted by Gasteiger charge is -2.14. The number of benzene rings is 1. The van der Waals surface area contributed by atoms with E-state index in [4.69, 9.17) is 5.73 Å². The third kappa shape index (κ3) is 3.17. The van der Waals surface area contributed by atoms with Gasteiger partial charge in [-0.05, 0) is 25.8 Å². The Bertz CT molecular complexity index is 476. The van der Waals surface area contributed by atoms with Crippen molar-refractivity contribution in [3.8, 4) is 0 Å². The van der Waals surface area contributed by atoms with Crippen molar-refractivity contribution in [2.45, 2.75) is 38.8 Å². The summed E-state index contributed by atoms with van der Waals surface area (Å²) < 4.78 is 1.94. The van der Waals surface area contributed by atoms with Crippen molar-refractivity contribution in [1.82, 2.24) is 14.8 Å². The Balaban J connectivity index is 1.99. The molecule has 0 amide bonds. The molecule has 0 aliphatic heterocycles. The molecule has 0 spiro atoms. The molecular weight excluding hydrogens is 224 g/mol. The van der Waals surface area contributed by atoms with Crippen molar-refractivity contribution in [2.24, 2.45) is 5.73 Å². The standard InChI is InChI=1S/C14H20N4/c1-11(2)18-14(16-10-17-18)9-13(15)8-12-6-4-3-5-7-12/h3-7,10-11,13H,8-9,15H2,1-2H3. The lowest BCUT2D eigenvalue weighted by Crippen LogP contribution is -2.27. The maximum atomic E-state index is 6.18. The molecule has 0 bridgehead atoms. The van der Waals surface area contributed by atoms with Crippen molar-refractivity contribution in [1.29, 1.82) is 0 Å². The van der Waals surface area contributed by atoms with Crippen LogP contribution >= 0.6 is 0 Å². The van der Waals surface area contributed by atoms with E-state index < -0.39 is 0 Å². The van der Waals surface area contributed by atoms with Crippen molar-refractivity contribution in [2.75, 3.05) is 0 Å². The predicted molar refractivity (Wildman–Crippen MR) is 72.2 cm³/mol. The fourth-order valence-corrected chi connectivity index (χ4v) is 2.08. The van der Waals surface area contributed by atoms with E-state index in [-0.39, 0.29) is 6.04 Å². The highest BCUT2D eigenvalue weighted by Gasteiger charge is 2.12. The number of nitrogens with zero attached hydrogens (tertiary/aromatic N) is 3. The average molecular weight is 244 g/mol. The Labute approximate surface area is 108 Å². The lowest BCUT2D eigenvalue weighted by molar-refractivity contribution is 0.489. The lowest BCUT2D eigenvalue weighted by atomic mass is 10.0. The number of hydrogen-bond donors (Lipinski definition) is 1. The van der Waals surface area contributed by atoms with Gasteiger partial charge in [0.2, 0.25) is 0 Å². The van der Waals surface area contributed by atoms with Gasteiger partial charge in [0.25, 0.3) is 0 Å². The van der Waals surface area contributed by atoms with Crippen LogP contribution in [0.15, 0.2) is 36.7 Å². The van der Waals surface area contributed by atoms with Crippen LogP contribution in [-0.4, -0.2) is 20.8 Å². The molecule has 0 aliphatic rings. The summed E-state index contributed by atoms with van der Waals surface area (Å²) in [7, 11) is 0. The van der Waals surface area contributed by atoms with Crippen LogP contribution in [0.3, 0.4) is 0 Å². The van der Waals surface area contributed by atoms with Crippen molar-refractivity contribution < 1.29 is 0 Å². The molecule has 18 heavy (non-hydrogen) atoms. The van der Waals surface area contributed by atoms with Crippen LogP contribution in [0.1, 0.15) is 31.3 Å². The third-order valence-corrected chi connectivity index (χ3v) is 2.92. The van der Waals surface area contributed by atoms with E-state index >= 15 is 0 Å². The van der Waals surface area contributed by atoms with E-state index in [0.29, 0.717) is 6.04 Å². The second kappa shape index (κ2) is 5.78. The van der Waals surface area contributed by atoms with Gasteiger partial charge in [-0.15, -0.1) is 0 Å². The zero-order chi connectivity index (χ0) is 13.0. The Morgan fingerprint density at radius 2 is 1.89 bits per heavy atom. The van der Waals surface area contributed by atoms with Crippen LogP contribution in [-0.2, 0) is 12.8 Å². The summed E-state index contributed by atoms with van der Waals surface area (Å²) in [6.45, 7) is 4.20. The molecule has 1 aromatic carbocycles. The molecule has 1 atom stereocenters. The normalized spacial score (nSPS) is 12.9. The zero-order valence-electron chi connectivity index (χ0n) is 11.0. The van der Waals surface area contributed by atoms with Gasteiger partial charge in [0.1, 0.15) is 12.2 Å². The minimum Gasteiger partial charge on any atom is -0.327 e. The highest BCUT2D eigenvalue weighted by molar-refractivity contribution is 5.16. The van der Waals surface area contributed by atoms with Crippen molar-refractivity contribution >= 4 is 0 Å². The summed E-state index contributed by atoms with van der Waals surface area (Å²) in [4.78, 5) is 4.29. The van der Waals surface area contributed by atoms with Gasteiger partial charge >= 0.3 is 0 Å². The summed E-state index contributed by atoms with van der Waals surface area (Å²) in [6.07, 6.45) is 3.23. The number of nitrogens with two attached hydrogens (primary N) is 1. The van der Waals surface area contributed by atoms with Crippen LogP contribution in [0.25, 0.3) is 0 Å². The monoisotopic (exact) mass is 244 g/mol. The van der Waals surface area contributed by atoms with Gasteiger partial charge < -0.3 is 5.73 Å². The predicted octanol–water partition coefficient (Wildman–Crippen LogP) is 1.97. The molecule has 96 valence electrons. The molecule has 0 radical (unpaired) electrons. The molecule has 0 saturated heterocycles. The van der Waals surface area contributed by atoms with Crippen LogP contribution in [0.4, 0.5) is 0 Å². The minimum atomic E-state index is 0.0779. The molecule has 1 aromatic heterocycles. The van der Waals surface area contributed by atoms with E-state index in [1.807, 2.05) is 22.9 Å². The Morgan fingerprint density at radius 3 is 2.56 bits per heavy atom. The molecule has 1 unspecified atom stereocenters. The van der Waals surface area contributed by atoms with Crippen molar-refractivity contribution in [3.05, 3.63) is 48.0 Å². The average Bonchev–Trinajstić information content (AvgIpc) is 2.78. The first-order chi connectivity index (χ1) is 8.66. The second-order valence-corrected chi connectivity index (χ2v) is 4.87. The summed E-state index contributed by atoms with van der Waals surface area (Å²) in [5.41, 5.74) is 7.45. The molecule has 2 rings (SSSR count). The Kier molecular flexibility index (Phi) is 4.10. The number of aromatic nitrogens is 3. The highest BCUT2D eigenvalue weighted by Crippen LogP contribution is 2.09. The second-order valence-electron chi connectivity index (χ2n) is 4.87. The zero-order valence-corrected chi connectivity index (χ0v) is 11.0. The maximum absolute atomic E-state index is 6.18. The van der Waals surface area contributed by atoms with Gasteiger partial charge in [-0.25, -0.2) is 9.67 Å². The van der Waals surface area contributed by atoms with Crippen LogP contribution in [0.5, 0.6) is 0 Å². The van der Waals surface area contributed by atoms with E-state index in [0.717, 1.165) is 18.7 Å². The summed E-state index contributed by atoms with van der Waals surface area (Å²) in [6, 6.07) is 10.7. The third-order valence-electron chi connectivity index (χ3n) is 2.92. The summed E-state index contributed by atoms with van der Waals surface area (Å²) in [5.74, 6) is 0.966. The molecule has 0 fully saturated rings.